The number of carbonyl (C=O) groups excluding carboxylic acids is 2. The Balaban J connectivity index is 0.000000272. The summed E-state index contributed by atoms with van der Waals surface area (Å²) < 4.78 is 5.51. The quantitative estimate of drug-likeness (QED) is 0.652. The molecule has 0 aromatic heterocycles. The minimum atomic E-state index is -0.606. The molecule has 4 nitrogen and oxygen atoms in total. The van der Waals surface area contributed by atoms with Gasteiger partial charge in [0.2, 0.25) is 5.91 Å². The van der Waals surface area contributed by atoms with Gasteiger partial charge >= 0.3 is 0 Å². The molecule has 5 heteroatoms. The fourth-order valence-corrected chi connectivity index (χ4v) is 2.32. The first-order valence-electron chi connectivity index (χ1n) is 7.34. The average Bonchev–Trinajstić information content (AvgIpc) is 2.42. The van der Waals surface area contributed by atoms with E-state index in [1.165, 1.54) is 19.3 Å². The van der Waals surface area contributed by atoms with Gasteiger partial charge in [0.25, 0.3) is 5.91 Å². The van der Waals surface area contributed by atoms with Gasteiger partial charge in [-0.05, 0) is 18.1 Å². The number of rotatable bonds is 2. The molecule has 2 fully saturated rings. The highest BCUT2D eigenvalue weighted by atomic mass is 32.1. The Kier molecular flexibility index (Phi) is 5.67. The average molecular weight is 307 g/mol. The van der Waals surface area contributed by atoms with Crippen LogP contribution in [0, 0.1) is 5.92 Å². The molecule has 1 saturated heterocycles. The molecule has 1 aromatic carbocycles. The van der Waals surface area contributed by atoms with Crippen molar-refractivity contribution in [3.8, 4) is 5.75 Å². The predicted octanol–water partition coefficient (Wildman–Crippen LogP) is 2.97. The van der Waals surface area contributed by atoms with E-state index in [1.807, 2.05) is 6.07 Å². The molecule has 21 heavy (non-hydrogen) atoms. The van der Waals surface area contributed by atoms with Gasteiger partial charge in [0.15, 0.2) is 6.10 Å². The zero-order valence-electron chi connectivity index (χ0n) is 12.2. The molecular formula is C16H21NO3S. The fourth-order valence-electron chi connectivity index (χ4n) is 2.11. The summed E-state index contributed by atoms with van der Waals surface area (Å²) >= 11 is 4.22. The second kappa shape index (κ2) is 7.50. The second-order valence-corrected chi connectivity index (χ2v) is 6.04. The standard InChI is InChI=1S/C11H11NO3S.C5H10/c13-10-6-5-8(11(14)12-10)15-7-3-1-2-4-9(7)16;1-5-3-2-4-5/h1-4,8,16H,5-6H2,(H,12,13,14);5H,2-4H2,1H3. The minimum absolute atomic E-state index is 0.246. The van der Waals surface area contributed by atoms with Crippen LogP contribution in [0.25, 0.3) is 0 Å². The molecule has 1 aliphatic carbocycles. The van der Waals surface area contributed by atoms with E-state index in [2.05, 4.69) is 24.9 Å². The van der Waals surface area contributed by atoms with E-state index in [0.29, 0.717) is 23.5 Å². The van der Waals surface area contributed by atoms with Crippen molar-refractivity contribution in [2.75, 3.05) is 0 Å². The lowest BCUT2D eigenvalue weighted by atomic mass is 9.88. The van der Waals surface area contributed by atoms with E-state index >= 15 is 0 Å². The monoisotopic (exact) mass is 307 g/mol. The van der Waals surface area contributed by atoms with Gasteiger partial charge in [-0.15, -0.1) is 12.6 Å². The Morgan fingerprint density at radius 3 is 2.38 bits per heavy atom. The summed E-state index contributed by atoms with van der Waals surface area (Å²) in [5, 5.41) is 2.24. The minimum Gasteiger partial charge on any atom is -0.479 e. The van der Waals surface area contributed by atoms with Gasteiger partial charge in [0, 0.05) is 17.7 Å². The summed E-state index contributed by atoms with van der Waals surface area (Å²) in [6, 6.07) is 7.16. The van der Waals surface area contributed by atoms with Crippen LogP contribution in [0.15, 0.2) is 29.2 Å². The van der Waals surface area contributed by atoms with Crippen LogP contribution in [0.4, 0.5) is 0 Å². The Bertz CT molecular complexity index is 514. The number of carbonyl (C=O) groups is 2. The van der Waals surface area contributed by atoms with Crippen LogP contribution in [0.2, 0.25) is 0 Å². The summed E-state index contributed by atoms with van der Waals surface area (Å²) in [7, 11) is 0. The van der Waals surface area contributed by atoms with Gasteiger partial charge in [0.1, 0.15) is 5.75 Å². The van der Waals surface area contributed by atoms with Crippen molar-refractivity contribution in [2.45, 2.75) is 50.0 Å². The summed E-state index contributed by atoms with van der Waals surface area (Å²) in [4.78, 5) is 23.0. The number of ether oxygens (including phenoxy) is 1. The largest absolute Gasteiger partial charge is 0.479 e. The maximum absolute atomic E-state index is 11.4. The van der Waals surface area contributed by atoms with Crippen molar-refractivity contribution in [1.82, 2.24) is 5.32 Å². The van der Waals surface area contributed by atoms with Gasteiger partial charge in [-0.2, -0.15) is 0 Å². The highest BCUT2D eigenvalue weighted by Crippen LogP contribution is 2.25. The van der Waals surface area contributed by atoms with Gasteiger partial charge in [-0.1, -0.05) is 38.3 Å². The smallest absolute Gasteiger partial charge is 0.267 e. The highest BCUT2D eigenvalue weighted by Gasteiger charge is 2.28. The van der Waals surface area contributed by atoms with E-state index in [-0.39, 0.29) is 11.8 Å². The number of para-hydroxylation sites is 1. The zero-order chi connectivity index (χ0) is 15.2. The van der Waals surface area contributed by atoms with E-state index in [4.69, 9.17) is 4.74 Å². The molecule has 1 N–H and O–H groups in total. The van der Waals surface area contributed by atoms with Gasteiger partial charge in [0.05, 0.1) is 0 Å². The fraction of sp³-hybridized carbons (Fsp3) is 0.500. The number of amides is 2. The van der Waals surface area contributed by atoms with Crippen molar-refractivity contribution in [2.24, 2.45) is 5.92 Å². The Morgan fingerprint density at radius 1 is 1.19 bits per heavy atom. The number of piperidine rings is 1. The molecule has 1 atom stereocenters. The Morgan fingerprint density at radius 2 is 1.86 bits per heavy atom. The Labute approximate surface area is 130 Å². The van der Waals surface area contributed by atoms with E-state index in [0.717, 1.165) is 5.92 Å². The molecule has 2 amide bonds. The third kappa shape index (κ3) is 4.77. The van der Waals surface area contributed by atoms with Crippen molar-refractivity contribution in [3.05, 3.63) is 24.3 Å². The summed E-state index contributed by atoms with van der Waals surface area (Å²) in [5.41, 5.74) is 0. The van der Waals surface area contributed by atoms with E-state index < -0.39 is 6.10 Å². The van der Waals surface area contributed by atoms with Crippen LogP contribution >= 0.6 is 12.6 Å². The first-order chi connectivity index (χ1) is 10.1. The highest BCUT2D eigenvalue weighted by molar-refractivity contribution is 7.80. The molecule has 1 aliphatic heterocycles. The molecule has 1 saturated carbocycles. The second-order valence-electron chi connectivity index (χ2n) is 5.56. The molecule has 1 heterocycles. The number of hydrogen-bond donors (Lipinski definition) is 2. The number of imide groups is 1. The number of benzene rings is 1. The maximum Gasteiger partial charge on any atom is 0.267 e. The van der Waals surface area contributed by atoms with Gasteiger partial charge in [-0.25, -0.2) is 0 Å². The third-order valence-electron chi connectivity index (χ3n) is 3.72. The molecule has 114 valence electrons. The van der Waals surface area contributed by atoms with Crippen molar-refractivity contribution < 1.29 is 14.3 Å². The van der Waals surface area contributed by atoms with Crippen LogP contribution in [0.1, 0.15) is 39.0 Å². The predicted molar refractivity (Wildman–Crippen MR) is 83.5 cm³/mol. The molecule has 0 spiro atoms. The van der Waals surface area contributed by atoms with Crippen LogP contribution < -0.4 is 10.1 Å². The zero-order valence-corrected chi connectivity index (χ0v) is 13.1. The SMILES string of the molecule is CC1CCC1.O=C1CCC(Oc2ccccc2S)C(=O)N1. The van der Waals surface area contributed by atoms with Crippen molar-refractivity contribution in [1.29, 1.82) is 0 Å². The number of hydrogen-bond acceptors (Lipinski definition) is 4. The molecular weight excluding hydrogens is 286 g/mol. The topological polar surface area (TPSA) is 55.4 Å². The van der Waals surface area contributed by atoms with Crippen LogP contribution in [0.5, 0.6) is 5.75 Å². The summed E-state index contributed by atoms with van der Waals surface area (Å²) in [5.74, 6) is 0.993. The summed E-state index contributed by atoms with van der Waals surface area (Å²) in [6.07, 6.45) is 4.57. The lowest BCUT2D eigenvalue weighted by Gasteiger charge is -2.22. The first-order valence-corrected chi connectivity index (χ1v) is 7.79. The molecule has 0 radical (unpaired) electrons. The normalized spacial score (nSPS) is 21.7. The van der Waals surface area contributed by atoms with Crippen molar-refractivity contribution in [3.63, 3.8) is 0 Å². The van der Waals surface area contributed by atoms with Crippen LogP contribution in [-0.4, -0.2) is 17.9 Å². The molecule has 2 aliphatic rings. The van der Waals surface area contributed by atoms with Gasteiger partial charge in [-0.3, -0.25) is 14.9 Å². The lowest BCUT2D eigenvalue weighted by Crippen LogP contribution is -2.46. The number of nitrogens with one attached hydrogen (secondary N) is 1. The maximum atomic E-state index is 11.4. The first kappa shape index (κ1) is 15.9. The summed E-state index contributed by atoms with van der Waals surface area (Å²) in [6.45, 7) is 2.31. The van der Waals surface area contributed by atoms with Crippen molar-refractivity contribution >= 4 is 24.4 Å². The molecule has 1 aromatic rings. The molecule has 0 bridgehead atoms. The molecule has 1 unspecified atom stereocenters. The van der Waals surface area contributed by atoms with Crippen LogP contribution in [0.3, 0.4) is 0 Å². The van der Waals surface area contributed by atoms with E-state index in [9.17, 15) is 9.59 Å². The van der Waals surface area contributed by atoms with E-state index in [1.54, 1.807) is 18.2 Å². The Hall–Kier alpha value is -1.49. The third-order valence-corrected chi connectivity index (χ3v) is 4.09. The van der Waals surface area contributed by atoms with Gasteiger partial charge < -0.3 is 4.74 Å². The number of thiol groups is 1. The molecule has 3 rings (SSSR count). The van der Waals surface area contributed by atoms with Crippen LogP contribution in [-0.2, 0) is 9.59 Å². The lowest BCUT2D eigenvalue weighted by molar-refractivity contribution is -0.138.